The monoisotopic (exact) mass is 280 g/mol. The van der Waals surface area contributed by atoms with Gasteiger partial charge in [-0.1, -0.05) is 0 Å². The molecule has 0 bridgehead atoms. The van der Waals surface area contributed by atoms with E-state index in [1.165, 1.54) is 29.5 Å². The highest BCUT2D eigenvalue weighted by molar-refractivity contribution is 7.14. The fourth-order valence-electron chi connectivity index (χ4n) is 1.55. The molecule has 0 aliphatic rings. The lowest BCUT2D eigenvalue weighted by Gasteiger charge is -2.09. The van der Waals surface area contributed by atoms with Crippen LogP contribution in [0.4, 0.5) is 20.8 Å². The lowest BCUT2D eigenvalue weighted by Crippen LogP contribution is -2.06. The van der Waals surface area contributed by atoms with Crippen LogP contribution in [0.2, 0.25) is 0 Å². The smallest absolute Gasteiger partial charge is 0.341 e. The fraction of sp³-hybridized carbons (Fsp3) is 0.154. The third-order valence-electron chi connectivity index (χ3n) is 2.42. The van der Waals surface area contributed by atoms with Gasteiger partial charge in [0, 0.05) is 0 Å². The van der Waals surface area contributed by atoms with Gasteiger partial charge in [-0.15, -0.1) is 11.3 Å². The number of thiophene rings is 1. The van der Waals surface area contributed by atoms with Gasteiger partial charge in [-0.2, -0.15) is 0 Å². The van der Waals surface area contributed by atoms with Crippen LogP contribution in [0.1, 0.15) is 17.3 Å². The molecule has 1 aromatic heterocycles. The summed E-state index contributed by atoms with van der Waals surface area (Å²) in [5.74, 6) is -0.799. The van der Waals surface area contributed by atoms with Crippen molar-refractivity contribution in [3.8, 4) is 0 Å². The Balaban J connectivity index is 2.24. The van der Waals surface area contributed by atoms with E-state index in [0.29, 0.717) is 22.9 Å². The highest BCUT2D eigenvalue weighted by atomic mass is 32.1. The van der Waals surface area contributed by atoms with Crippen LogP contribution in [0.25, 0.3) is 0 Å². The SMILES string of the molecule is CCOC(=O)c1ccsc1Nc1ccc(F)cc1N. The topological polar surface area (TPSA) is 64.3 Å². The zero-order valence-electron chi connectivity index (χ0n) is 10.3. The predicted molar refractivity (Wildman–Crippen MR) is 74.4 cm³/mol. The molecule has 0 atom stereocenters. The average molecular weight is 280 g/mol. The molecule has 0 unspecified atom stereocenters. The van der Waals surface area contributed by atoms with Crippen molar-refractivity contribution in [2.45, 2.75) is 6.92 Å². The molecule has 2 rings (SSSR count). The number of nitrogens with one attached hydrogen (secondary N) is 1. The van der Waals surface area contributed by atoms with Crippen LogP contribution >= 0.6 is 11.3 Å². The van der Waals surface area contributed by atoms with Crippen molar-refractivity contribution in [3.63, 3.8) is 0 Å². The number of ether oxygens (including phenoxy) is 1. The van der Waals surface area contributed by atoms with Crippen molar-refractivity contribution in [1.82, 2.24) is 0 Å². The molecule has 0 spiro atoms. The Kier molecular flexibility index (Phi) is 4.01. The maximum Gasteiger partial charge on any atom is 0.341 e. The van der Waals surface area contributed by atoms with Crippen LogP contribution in [0.15, 0.2) is 29.6 Å². The molecule has 0 aliphatic carbocycles. The maximum absolute atomic E-state index is 13.0. The molecule has 0 amide bonds. The van der Waals surface area contributed by atoms with Gasteiger partial charge in [-0.3, -0.25) is 0 Å². The van der Waals surface area contributed by atoms with Gasteiger partial charge in [-0.25, -0.2) is 9.18 Å². The molecular formula is C13H13FN2O2S. The van der Waals surface area contributed by atoms with Crippen molar-refractivity contribution < 1.29 is 13.9 Å². The van der Waals surface area contributed by atoms with E-state index < -0.39 is 11.8 Å². The number of halogens is 1. The normalized spacial score (nSPS) is 10.2. The second kappa shape index (κ2) is 5.71. The minimum atomic E-state index is -0.403. The molecule has 1 aromatic carbocycles. The average Bonchev–Trinajstić information content (AvgIpc) is 2.81. The van der Waals surface area contributed by atoms with E-state index in [1.54, 1.807) is 18.4 Å². The maximum atomic E-state index is 13.0. The van der Waals surface area contributed by atoms with E-state index in [4.69, 9.17) is 10.5 Å². The van der Waals surface area contributed by atoms with E-state index >= 15 is 0 Å². The van der Waals surface area contributed by atoms with Gasteiger partial charge in [0.1, 0.15) is 10.8 Å². The molecule has 0 saturated heterocycles. The summed E-state index contributed by atoms with van der Waals surface area (Å²) in [5, 5.41) is 5.41. The molecule has 19 heavy (non-hydrogen) atoms. The first-order chi connectivity index (χ1) is 9.11. The zero-order chi connectivity index (χ0) is 13.8. The van der Waals surface area contributed by atoms with Crippen molar-refractivity contribution in [3.05, 3.63) is 41.0 Å². The number of nitrogen functional groups attached to an aromatic ring is 1. The Morgan fingerprint density at radius 1 is 1.47 bits per heavy atom. The van der Waals surface area contributed by atoms with E-state index in [1.807, 2.05) is 0 Å². The Morgan fingerprint density at radius 2 is 2.26 bits per heavy atom. The van der Waals surface area contributed by atoms with Gasteiger partial charge in [0.25, 0.3) is 0 Å². The Morgan fingerprint density at radius 3 is 2.95 bits per heavy atom. The summed E-state index contributed by atoms with van der Waals surface area (Å²) in [6.45, 7) is 2.06. The van der Waals surface area contributed by atoms with Gasteiger partial charge < -0.3 is 15.8 Å². The molecule has 3 N–H and O–H groups in total. The van der Waals surface area contributed by atoms with Crippen LogP contribution in [0, 0.1) is 5.82 Å². The summed E-state index contributed by atoms with van der Waals surface area (Å²) in [6.07, 6.45) is 0. The molecular weight excluding hydrogens is 267 g/mol. The molecule has 4 nitrogen and oxygen atoms in total. The lowest BCUT2D eigenvalue weighted by molar-refractivity contribution is 0.0528. The minimum absolute atomic E-state index is 0.281. The quantitative estimate of drug-likeness (QED) is 0.665. The highest BCUT2D eigenvalue weighted by Gasteiger charge is 2.14. The number of benzene rings is 1. The molecule has 100 valence electrons. The van der Waals surface area contributed by atoms with Crippen LogP contribution in [0.3, 0.4) is 0 Å². The number of carbonyl (C=O) groups excluding carboxylic acids is 1. The first-order valence-corrected chi connectivity index (χ1v) is 6.56. The Bertz CT molecular complexity index is 598. The molecule has 0 fully saturated rings. The summed E-state index contributed by atoms with van der Waals surface area (Å²) in [5.41, 5.74) is 6.98. The van der Waals surface area contributed by atoms with Gasteiger partial charge in [0.2, 0.25) is 0 Å². The largest absolute Gasteiger partial charge is 0.462 e. The summed E-state index contributed by atoms with van der Waals surface area (Å²) >= 11 is 1.35. The van der Waals surface area contributed by atoms with Crippen LogP contribution in [0.5, 0.6) is 0 Å². The van der Waals surface area contributed by atoms with Crippen LogP contribution in [-0.2, 0) is 4.74 Å². The van der Waals surface area contributed by atoms with E-state index in [2.05, 4.69) is 5.32 Å². The van der Waals surface area contributed by atoms with Gasteiger partial charge in [-0.05, 0) is 36.6 Å². The number of anilines is 3. The number of carbonyl (C=O) groups is 1. The standard InChI is InChI=1S/C13H13FN2O2S/c1-2-18-13(17)9-5-6-19-12(9)16-11-4-3-8(14)7-10(11)15/h3-7,16H,2,15H2,1H3. The van der Waals surface area contributed by atoms with Crippen molar-refractivity contribution in [1.29, 1.82) is 0 Å². The molecule has 0 saturated carbocycles. The number of rotatable bonds is 4. The van der Waals surface area contributed by atoms with Gasteiger partial charge in [0.15, 0.2) is 0 Å². The van der Waals surface area contributed by atoms with Gasteiger partial charge >= 0.3 is 5.97 Å². The van der Waals surface area contributed by atoms with E-state index in [0.717, 1.165) is 0 Å². The Hall–Kier alpha value is -2.08. The molecule has 0 radical (unpaired) electrons. The Labute approximate surface area is 114 Å². The molecule has 1 heterocycles. The van der Waals surface area contributed by atoms with Gasteiger partial charge in [0.05, 0.1) is 23.5 Å². The lowest BCUT2D eigenvalue weighted by atomic mass is 10.2. The summed E-state index contributed by atoms with van der Waals surface area (Å²) in [4.78, 5) is 11.7. The van der Waals surface area contributed by atoms with Crippen molar-refractivity contribution >= 4 is 33.7 Å². The van der Waals surface area contributed by atoms with E-state index in [9.17, 15) is 9.18 Å². The molecule has 6 heteroatoms. The predicted octanol–water partition coefficient (Wildman–Crippen LogP) is 3.39. The first kappa shape index (κ1) is 13.4. The number of nitrogens with two attached hydrogens (primary N) is 1. The number of hydrogen-bond acceptors (Lipinski definition) is 5. The van der Waals surface area contributed by atoms with Crippen LogP contribution in [-0.4, -0.2) is 12.6 Å². The van der Waals surface area contributed by atoms with Crippen molar-refractivity contribution in [2.24, 2.45) is 0 Å². The summed E-state index contributed by atoms with van der Waals surface area (Å²) < 4.78 is 17.9. The first-order valence-electron chi connectivity index (χ1n) is 5.68. The molecule has 0 aliphatic heterocycles. The summed E-state index contributed by atoms with van der Waals surface area (Å²) in [7, 11) is 0. The molecule has 2 aromatic rings. The third-order valence-corrected chi connectivity index (χ3v) is 3.25. The van der Waals surface area contributed by atoms with Crippen molar-refractivity contribution in [2.75, 3.05) is 17.7 Å². The fourth-order valence-corrected chi connectivity index (χ4v) is 2.33. The highest BCUT2D eigenvalue weighted by Crippen LogP contribution is 2.30. The second-order valence-electron chi connectivity index (χ2n) is 3.74. The van der Waals surface area contributed by atoms with E-state index in [-0.39, 0.29) is 5.69 Å². The number of esters is 1. The third kappa shape index (κ3) is 3.03. The second-order valence-corrected chi connectivity index (χ2v) is 4.66. The number of hydrogen-bond donors (Lipinski definition) is 2. The zero-order valence-corrected chi connectivity index (χ0v) is 11.1. The van der Waals surface area contributed by atoms with Crippen LogP contribution < -0.4 is 11.1 Å². The summed E-state index contributed by atoms with van der Waals surface area (Å²) in [6, 6.07) is 5.72. The minimum Gasteiger partial charge on any atom is -0.462 e.